The molecular formula is C19H19N3O3. The Labute approximate surface area is 145 Å². The highest BCUT2D eigenvalue weighted by molar-refractivity contribution is 5.99. The molecule has 4 rings (SSSR count). The summed E-state index contributed by atoms with van der Waals surface area (Å²) in [5, 5.41) is 0. The van der Waals surface area contributed by atoms with Gasteiger partial charge in [-0.25, -0.2) is 4.79 Å². The molecule has 3 unspecified atom stereocenters. The van der Waals surface area contributed by atoms with Gasteiger partial charge in [-0.15, -0.1) is 0 Å². The van der Waals surface area contributed by atoms with E-state index in [4.69, 9.17) is 10.5 Å². The van der Waals surface area contributed by atoms with E-state index in [9.17, 15) is 9.59 Å². The summed E-state index contributed by atoms with van der Waals surface area (Å²) in [5.41, 5.74) is 7.14. The normalized spacial score (nSPS) is 22.8. The zero-order valence-corrected chi connectivity index (χ0v) is 13.8. The maximum Gasteiger partial charge on any atom is 0.325 e. The van der Waals surface area contributed by atoms with Gasteiger partial charge in [0.05, 0.1) is 11.7 Å². The lowest BCUT2D eigenvalue weighted by molar-refractivity contribution is -0.121. The first-order chi connectivity index (χ1) is 12.1. The van der Waals surface area contributed by atoms with E-state index in [1.807, 2.05) is 54.6 Å². The van der Waals surface area contributed by atoms with E-state index >= 15 is 0 Å². The van der Waals surface area contributed by atoms with Crippen molar-refractivity contribution in [2.45, 2.75) is 25.1 Å². The van der Waals surface area contributed by atoms with Gasteiger partial charge in [-0.05, 0) is 24.6 Å². The van der Waals surface area contributed by atoms with Crippen LogP contribution in [0.25, 0.3) is 0 Å². The highest BCUT2D eigenvalue weighted by atomic mass is 16.5. The van der Waals surface area contributed by atoms with E-state index in [0.717, 1.165) is 11.3 Å². The van der Waals surface area contributed by atoms with Crippen LogP contribution in [-0.4, -0.2) is 35.5 Å². The van der Waals surface area contributed by atoms with Crippen LogP contribution in [0.1, 0.15) is 18.6 Å². The van der Waals surface area contributed by atoms with Gasteiger partial charge in [-0.1, -0.05) is 42.5 Å². The third-order valence-electron chi connectivity index (χ3n) is 4.90. The Hall–Kier alpha value is -3.02. The standard InChI is InChI=1S/C19H19N3O3/c1-12(18(20)23)21-11-15-17(13-7-3-2-4-8-13)25-16-10-6-5-9-14(16)22(15)19(21)24/h2-10,12,15,17H,11H2,1H3,(H2,20,23). The first-order valence-corrected chi connectivity index (χ1v) is 8.27. The van der Waals surface area contributed by atoms with Gasteiger partial charge in [-0.3, -0.25) is 9.69 Å². The highest BCUT2D eigenvalue weighted by Gasteiger charge is 2.49. The van der Waals surface area contributed by atoms with Crippen molar-refractivity contribution in [2.75, 3.05) is 11.4 Å². The van der Waals surface area contributed by atoms with E-state index in [-0.39, 0.29) is 18.2 Å². The van der Waals surface area contributed by atoms with Gasteiger partial charge >= 0.3 is 6.03 Å². The van der Waals surface area contributed by atoms with Gasteiger partial charge in [0.2, 0.25) is 5.91 Å². The molecule has 3 atom stereocenters. The monoisotopic (exact) mass is 337 g/mol. The summed E-state index contributed by atoms with van der Waals surface area (Å²) in [4.78, 5) is 27.9. The maximum absolute atomic E-state index is 13.0. The summed E-state index contributed by atoms with van der Waals surface area (Å²) in [6.07, 6.45) is -0.301. The molecule has 6 nitrogen and oxygen atoms in total. The predicted octanol–water partition coefficient (Wildman–Crippen LogP) is 2.30. The second-order valence-corrected chi connectivity index (χ2v) is 6.37. The molecule has 2 aromatic carbocycles. The molecule has 2 heterocycles. The van der Waals surface area contributed by atoms with Crippen molar-refractivity contribution in [3.63, 3.8) is 0 Å². The smallest absolute Gasteiger partial charge is 0.325 e. The fraction of sp³-hybridized carbons (Fsp3) is 0.263. The number of primary amides is 1. The molecule has 2 aromatic rings. The van der Waals surface area contributed by atoms with E-state index in [0.29, 0.717) is 12.3 Å². The number of urea groups is 1. The van der Waals surface area contributed by atoms with Gasteiger partial charge in [0.25, 0.3) is 0 Å². The number of fused-ring (bicyclic) bond motifs is 3. The number of carbonyl (C=O) groups is 2. The number of rotatable bonds is 3. The number of anilines is 1. The number of hydrogen-bond donors (Lipinski definition) is 1. The maximum atomic E-state index is 13.0. The SMILES string of the molecule is CC(C(N)=O)N1CC2C(c3ccccc3)Oc3ccccc3N2C1=O. The molecule has 0 saturated carbocycles. The first-order valence-electron chi connectivity index (χ1n) is 8.27. The van der Waals surface area contributed by atoms with Crippen molar-refractivity contribution in [1.29, 1.82) is 0 Å². The van der Waals surface area contributed by atoms with Crippen LogP contribution in [0, 0.1) is 0 Å². The molecule has 6 heteroatoms. The Morgan fingerprint density at radius 2 is 1.84 bits per heavy atom. The minimum Gasteiger partial charge on any atom is -0.481 e. The Bertz CT molecular complexity index is 824. The average molecular weight is 337 g/mol. The summed E-state index contributed by atoms with van der Waals surface area (Å²) in [6, 6.07) is 16.2. The van der Waals surface area contributed by atoms with Crippen LogP contribution in [0.2, 0.25) is 0 Å². The van der Waals surface area contributed by atoms with Crippen LogP contribution in [0.15, 0.2) is 54.6 Å². The second-order valence-electron chi connectivity index (χ2n) is 6.37. The van der Waals surface area contributed by atoms with Gasteiger partial charge in [0.15, 0.2) is 0 Å². The molecule has 2 aliphatic heterocycles. The zero-order chi connectivity index (χ0) is 17.6. The minimum atomic E-state index is -0.665. The lowest BCUT2D eigenvalue weighted by atomic mass is 9.99. The summed E-state index contributed by atoms with van der Waals surface area (Å²) >= 11 is 0. The number of ether oxygens (including phenoxy) is 1. The molecular weight excluding hydrogens is 318 g/mol. The van der Waals surface area contributed by atoms with Crippen molar-refractivity contribution in [3.8, 4) is 5.75 Å². The van der Waals surface area contributed by atoms with E-state index in [1.165, 1.54) is 4.90 Å². The summed E-state index contributed by atoms with van der Waals surface area (Å²) in [7, 11) is 0. The largest absolute Gasteiger partial charge is 0.481 e. The van der Waals surface area contributed by atoms with Crippen LogP contribution in [0.5, 0.6) is 5.75 Å². The van der Waals surface area contributed by atoms with Gasteiger partial charge in [0.1, 0.15) is 17.9 Å². The predicted molar refractivity (Wildman–Crippen MR) is 93.3 cm³/mol. The fourth-order valence-electron chi connectivity index (χ4n) is 3.54. The molecule has 0 aliphatic carbocycles. The summed E-state index contributed by atoms with van der Waals surface area (Å²) < 4.78 is 6.23. The van der Waals surface area contributed by atoms with E-state index < -0.39 is 11.9 Å². The highest BCUT2D eigenvalue weighted by Crippen LogP contribution is 2.44. The molecule has 0 radical (unpaired) electrons. The van der Waals surface area contributed by atoms with Crippen LogP contribution in [0.3, 0.4) is 0 Å². The molecule has 0 spiro atoms. The Balaban J connectivity index is 1.79. The molecule has 3 amide bonds. The van der Waals surface area contributed by atoms with Gasteiger partial charge in [0, 0.05) is 6.54 Å². The van der Waals surface area contributed by atoms with Crippen LogP contribution in [0.4, 0.5) is 10.5 Å². The molecule has 25 heavy (non-hydrogen) atoms. The zero-order valence-electron chi connectivity index (χ0n) is 13.8. The molecule has 1 saturated heterocycles. The number of para-hydroxylation sites is 2. The van der Waals surface area contributed by atoms with Crippen LogP contribution >= 0.6 is 0 Å². The number of hydrogen-bond acceptors (Lipinski definition) is 3. The first kappa shape index (κ1) is 15.5. The average Bonchev–Trinajstić information content (AvgIpc) is 2.98. The van der Waals surface area contributed by atoms with Crippen LogP contribution in [-0.2, 0) is 4.79 Å². The fourth-order valence-corrected chi connectivity index (χ4v) is 3.54. The summed E-state index contributed by atoms with van der Waals surface area (Å²) in [6.45, 7) is 2.04. The number of benzene rings is 2. The minimum absolute atomic E-state index is 0.215. The number of nitrogens with zero attached hydrogens (tertiary/aromatic N) is 2. The van der Waals surface area contributed by atoms with Crippen molar-refractivity contribution in [2.24, 2.45) is 5.73 Å². The molecule has 128 valence electrons. The van der Waals surface area contributed by atoms with Crippen molar-refractivity contribution < 1.29 is 14.3 Å². The second kappa shape index (κ2) is 5.81. The summed E-state index contributed by atoms with van der Waals surface area (Å²) in [5.74, 6) is 0.146. The lowest BCUT2D eigenvalue weighted by Crippen LogP contribution is -2.45. The number of carbonyl (C=O) groups excluding carboxylic acids is 2. The van der Waals surface area contributed by atoms with E-state index in [2.05, 4.69) is 0 Å². The topological polar surface area (TPSA) is 75.9 Å². The van der Waals surface area contributed by atoms with Crippen molar-refractivity contribution in [1.82, 2.24) is 4.90 Å². The Kier molecular flexibility index (Phi) is 3.60. The molecule has 2 aliphatic rings. The molecule has 0 aromatic heterocycles. The number of amides is 3. The van der Waals surface area contributed by atoms with Crippen molar-refractivity contribution in [3.05, 3.63) is 60.2 Å². The van der Waals surface area contributed by atoms with Gasteiger partial charge in [-0.2, -0.15) is 0 Å². The lowest BCUT2D eigenvalue weighted by Gasteiger charge is -2.37. The quantitative estimate of drug-likeness (QED) is 0.934. The third kappa shape index (κ3) is 2.41. The van der Waals surface area contributed by atoms with Crippen LogP contribution < -0.4 is 15.4 Å². The number of nitrogens with two attached hydrogens (primary N) is 1. The third-order valence-corrected chi connectivity index (χ3v) is 4.90. The van der Waals surface area contributed by atoms with E-state index in [1.54, 1.807) is 11.8 Å². The Morgan fingerprint density at radius 1 is 1.16 bits per heavy atom. The van der Waals surface area contributed by atoms with Gasteiger partial charge < -0.3 is 15.4 Å². The van der Waals surface area contributed by atoms with Crippen molar-refractivity contribution >= 4 is 17.6 Å². The molecule has 2 N–H and O–H groups in total. The molecule has 1 fully saturated rings. The Morgan fingerprint density at radius 3 is 2.56 bits per heavy atom. The molecule has 0 bridgehead atoms.